The summed E-state index contributed by atoms with van der Waals surface area (Å²) in [7, 11) is 0. The summed E-state index contributed by atoms with van der Waals surface area (Å²) in [6.07, 6.45) is 2.73. The molecule has 1 aromatic rings. The van der Waals surface area contributed by atoms with Gasteiger partial charge in [-0.1, -0.05) is 36.2 Å². The molecule has 0 aliphatic heterocycles. The van der Waals surface area contributed by atoms with Gasteiger partial charge in [-0.15, -0.1) is 0 Å². The van der Waals surface area contributed by atoms with Crippen molar-refractivity contribution < 1.29 is 14.3 Å². The van der Waals surface area contributed by atoms with Gasteiger partial charge in [-0.25, -0.2) is 0 Å². The van der Waals surface area contributed by atoms with Gasteiger partial charge in [0.25, 0.3) is 0 Å². The molecule has 3 nitrogen and oxygen atoms in total. The maximum Gasteiger partial charge on any atom is 0.312 e. The van der Waals surface area contributed by atoms with Gasteiger partial charge < -0.3 is 9.47 Å². The molecule has 0 saturated carbocycles. The number of aryl methyl sites for hydroxylation is 1. The summed E-state index contributed by atoms with van der Waals surface area (Å²) in [5, 5.41) is 0. The van der Waals surface area contributed by atoms with Gasteiger partial charge in [-0.3, -0.25) is 4.79 Å². The number of hydrogen-bond donors (Lipinski definition) is 0. The summed E-state index contributed by atoms with van der Waals surface area (Å²) in [6, 6.07) is 8.36. The van der Waals surface area contributed by atoms with Gasteiger partial charge in [-0.05, 0) is 59.9 Å². The van der Waals surface area contributed by atoms with E-state index in [0.29, 0.717) is 6.61 Å². The Hall–Kier alpha value is -1.35. The molecule has 0 amide bonds. The SMILES string of the molecule is Cc1cccc(COCCCCC(C)(C)C(=O)OC(C)(C)C)c1. The molecule has 0 aromatic heterocycles. The van der Waals surface area contributed by atoms with E-state index in [-0.39, 0.29) is 5.97 Å². The Bertz CT molecular complexity index is 498. The van der Waals surface area contributed by atoms with E-state index in [4.69, 9.17) is 9.47 Å². The minimum atomic E-state index is -0.441. The monoisotopic (exact) mass is 320 g/mol. The number of carbonyl (C=O) groups is 1. The van der Waals surface area contributed by atoms with Crippen LogP contribution in [0.2, 0.25) is 0 Å². The van der Waals surface area contributed by atoms with Gasteiger partial charge >= 0.3 is 5.97 Å². The first-order valence-corrected chi connectivity index (χ1v) is 8.47. The summed E-state index contributed by atoms with van der Waals surface area (Å²) in [5.74, 6) is -0.120. The fraction of sp³-hybridized carbons (Fsp3) is 0.650. The van der Waals surface area contributed by atoms with Gasteiger partial charge in [0, 0.05) is 6.61 Å². The Morgan fingerprint density at radius 1 is 1.09 bits per heavy atom. The molecule has 130 valence electrons. The Kier molecular flexibility index (Phi) is 7.27. The minimum Gasteiger partial charge on any atom is -0.460 e. The van der Waals surface area contributed by atoms with Crippen LogP contribution in [0, 0.1) is 12.3 Å². The fourth-order valence-electron chi connectivity index (χ4n) is 2.28. The number of carbonyl (C=O) groups excluding carboxylic acids is 1. The van der Waals surface area contributed by atoms with Crippen molar-refractivity contribution in [3.63, 3.8) is 0 Å². The molecule has 0 bridgehead atoms. The third kappa shape index (κ3) is 8.17. The molecule has 0 spiro atoms. The number of benzene rings is 1. The van der Waals surface area contributed by atoms with Crippen LogP contribution in [0.5, 0.6) is 0 Å². The molecule has 1 aromatic carbocycles. The Morgan fingerprint density at radius 2 is 1.78 bits per heavy atom. The van der Waals surface area contributed by atoms with E-state index in [0.717, 1.165) is 25.9 Å². The molecule has 3 heteroatoms. The highest BCUT2D eigenvalue weighted by Gasteiger charge is 2.31. The summed E-state index contributed by atoms with van der Waals surface area (Å²) in [6.45, 7) is 13.1. The topological polar surface area (TPSA) is 35.5 Å². The maximum absolute atomic E-state index is 12.2. The van der Waals surface area contributed by atoms with Gasteiger partial charge in [-0.2, -0.15) is 0 Å². The minimum absolute atomic E-state index is 0.120. The normalized spacial score (nSPS) is 12.3. The van der Waals surface area contributed by atoms with Crippen molar-refractivity contribution in [2.45, 2.75) is 73.0 Å². The third-order valence-electron chi connectivity index (χ3n) is 3.64. The molecule has 0 atom stereocenters. The van der Waals surface area contributed by atoms with Crippen LogP contribution in [0.3, 0.4) is 0 Å². The first-order valence-electron chi connectivity index (χ1n) is 8.47. The molecule has 1 rings (SSSR count). The second-order valence-electron chi connectivity index (χ2n) is 7.88. The van der Waals surface area contributed by atoms with Crippen molar-refractivity contribution in [1.29, 1.82) is 0 Å². The standard InChI is InChI=1S/C20H32O3/c1-16-10-9-11-17(14-16)15-22-13-8-7-12-20(5,6)18(21)23-19(2,3)4/h9-11,14H,7-8,12-13,15H2,1-6H3. The Balaban J connectivity index is 2.22. The maximum atomic E-state index is 12.2. The van der Waals surface area contributed by atoms with Gasteiger partial charge in [0.1, 0.15) is 5.60 Å². The van der Waals surface area contributed by atoms with Crippen molar-refractivity contribution in [1.82, 2.24) is 0 Å². The highest BCUT2D eigenvalue weighted by molar-refractivity contribution is 5.76. The van der Waals surface area contributed by atoms with Crippen LogP contribution in [0.15, 0.2) is 24.3 Å². The van der Waals surface area contributed by atoms with Crippen LogP contribution in [-0.2, 0) is 20.9 Å². The zero-order valence-corrected chi connectivity index (χ0v) is 15.6. The summed E-state index contributed by atoms with van der Waals surface area (Å²) in [5.41, 5.74) is 1.60. The second-order valence-corrected chi connectivity index (χ2v) is 7.88. The lowest BCUT2D eigenvalue weighted by molar-refractivity contribution is -0.166. The quantitative estimate of drug-likeness (QED) is 0.496. The highest BCUT2D eigenvalue weighted by Crippen LogP contribution is 2.27. The molecule has 0 unspecified atom stereocenters. The number of unbranched alkanes of at least 4 members (excludes halogenated alkanes) is 1. The van der Waals surface area contributed by atoms with Gasteiger partial charge in [0.2, 0.25) is 0 Å². The Labute approximate surface area is 141 Å². The number of hydrogen-bond acceptors (Lipinski definition) is 3. The van der Waals surface area contributed by atoms with E-state index in [1.807, 2.05) is 34.6 Å². The lowest BCUT2D eigenvalue weighted by Gasteiger charge is -2.28. The van der Waals surface area contributed by atoms with Gasteiger partial charge in [0.05, 0.1) is 12.0 Å². The molecular weight excluding hydrogens is 288 g/mol. The summed E-state index contributed by atoms with van der Waals surface area (Å²) >= 11 is 0. The first-order chi connectivity index (χ1) is 10.6. The number of rotatable bonds is 8. The van der Waals surface area contributed by atoms with E-state index in [1.165, 1.54) is 11.1 Å². The van der Waals surface area contributed by atoms with Crippen LogP contribution in [0.25, 0.3) is 0 Å². The molecule has 0 fully saturated rings. The fourth-order valence-corrected chi connectivity index (χ4v) is 2.28. The average molecular weight is 320 g/mol. The molecule has 0 aliphatic rings. The number of esters is 1. The van der Waals surface area contributed by atoms with E-state index in [1.54, 1.807) is 0 Å². The summed E-state index contributed by atoms with van der Waals surface area (Å²) in [4.78, 5) is 12.2. The van der Waals surface area contributed by atoms with Crippen molar-refractivity contribution in [3.8, 4) is 0 Å². The lowest BCUT2D eigenvalue weighted by atomic mass is 9.87. The smallest absolute Gasteiger partial charge is 0.312 e. The molecular formula is C20H32O3. The largest absolute Gasteiger partial charge is 0.460 e. The Morgan fingerprint density at radius 3 is 2.39 bits per heavy atom. The molecule has 23 heavy (non-hydrogen) atoms. The number of ether oxygens (including phenoxy) is 2. The van der Waals surface area contributed by atoms with E-state index in [2.05, 4.69) is 31.2 Å². The predicted octanol–water partition coefficient (Wildman–Crippen LogP) is 5.05. The van der Waals surface area contributed by atoms with Crippen LogP contribution in [0.4, 0.5) is 0 Å². The molecule has 0 radical (unpaired) electrons. The molecule has 0 aliphatic carbocycles. The zero-order chi connectivity index (χ0) is 17.5. The zero-order valence-electron chi connectivity index (χ0n) is 15.6. The van der Waals surface area contributed by atoms with Crippen molar-refractivity contribution >= 4 is 5.97 Å². The first kappa shape index (κ1) is 19.7. The third-order valence-corrected chi connectivity index (χ3v) is 3.64. The van der Waals surface area contributed by atoms with Crippen LogP contribution in [0.1, 0.15) is 65.0 Å². The molecule has 0 heterocycles. The highest BCUT2D eigenvalue weighted by atomic mass is 16.6. The molecule has 0 saturated heterocycles. The summed E-state index contributed by atoms with van der Waals surface area (Å²) < 4.78 is 11.2. The van der Waals surface area contributed by atoms with Crippen molar-refractivity contribution in [2.24, 2.45) is 5.41 Å². The van der Waals surface area contributed by atoms with Crippen LogP contribution < -0.4 is 0 Å². The van der Waals surface area contributed by atoms with Gasteiger partial charge in [0.15, 0.2) is 0 Å². The van der Waals surface area contributed by atoms with E-state index < -0.39 is 11.0 Å². The van der Waals surface area contributed by atoms with E-state index in [9.17, 15) is 4.79 Å². The van der Waals surface area contributed by atoms with Crippen molar-refractivity contribution in [2.75, 3.05) is 6.61 Å². The van der Waals surface area contributed by atoms with Crippen LogP contribution in [-0.4, -0.2) is 18.2 Å². The predicted molar refractivity (Wildman–Crippen MR) is 94.3 cm³/mol. The average Bonchev–Trinajstić information content (AvgIpc) is 2.41. The lowest BCUT2D eigenvalue weighted by Crippen LogP contribution is -2.33. The molecule has 0 N–H and O–H groups in total. The second kappa shape index (κ2) is 8.49. The van der Waals surface area contributed by atoms with E-state index >= 15 is 0 Å². The van der Waals surface area contributed by atoms with Crippen molar-refractivity contribution in [3.05, 3.63) is 35.4 Å². The van der Waals surface area contributed by atoms with Crippen LogP contribution >= 0.6 is 0 Å².